The molecule has 0 saturated heterocycles. The van der Waals surface area contributed by atoms with Crippen molar-refractivity contribution in [2.24, 2.45) is 0 Å². The number of fused-ring (bicyclic) bond motifs is 3. The van der Waals surface area contributed by atoms with Crippen molar-refractivity contribution in [3.05, 3.63) is 108 Å². The molecule has 0 aromatic heterocycles. The predicted molar refractivity (Wildman–Crippen MR) is 152 cm³/mol. The Morgan fingerprint density at radius 1 is 0.641 bits per heavy atom. The van der Waals surface area contributed by atoms with Crippen LogP contribution in [0.1, 0.15) is 0 Å². The third kappa shape index (κ3) is 4.26. The van der Waals surface area contributed by atoms with E-state index in [-0.39, 0.29) is 38.6 Å². The molecule has 6 aromatic carbocycles. The second-order valence-corrected chi connectivity index (χ2v) is 11.4. The highest BCUT2D eigenvalue weighted by Gasteiger charge is 2.26. The summed E-state index contributed by atoms with van der Waals surface area (Å²) in [7, 11) is -4.41. The second-order valence-electron chi connectivity index (χ2n) is 8.77. The zero-order valence-electron chi connectivity index (χ0n) is 20.1. The molecule has 0 saturated carbocycles. The van der Waals surface area contributed by atoms with Gasteiger partial charge in [-0.2, -0.15) is 8.42 Å². The molecular weight excluding hydrogens is 532 g/mol. The average Bonchev–Trinajstić information content (AvgIpc) is 2.95. The van der Waals surface area contributed by atoms with Gasteiger partial charge in [-0.3, -0.25) is 0 Å². The summed E-state index contributed by atoms with van der Waals surface area (Å²) in [4.78, 5) is 3.92. The average molecular weight is 552 g/mol. The predicted octanol–water partition coefficient (Wildman–Crippen LogP) is 7.96. The van der Waals surface area contributed by atoms with Gasteiger partial charge in [0.1, 0.15) is 10.6 Å². The van der Waals surface area contributed by atoms with E-state index >= 15 is 0 Å². The van der Waals surface area contributed by atoms with E-state index < -0.39 is 10.1 Å². The first-order chi connectivity index (χ1) is 18.9. The van der Waals surface area contributed by atoms with E-state index in [1.54, 1.807) is 24.3 Å². The first kappa shape index (κ1) is 24.6. The lowest BCUT2D eigenvalue weighted by Gasteiger charge is -2.16. The molecule has 0 atom stereocenters. The van der Waals surface area contributed by atoms with Crippen molar-refractivity contribution in [1.82, 2.24) is 0 Å². The minimum Gasteiger partial charge on any atom is -0.506 e. The molecule has 6 aromatic rings. The second kappa shape index (κ2) is 9.51. The van der Waals surface area contributed by atoms with Gasteiger partial charge in [0.05, 0.1) is 9.79 Å². The van der Waals surface area contributed by atoms with Crippen molar-refractivity contribution in [2.45, 2.75) is 14.7 Å². The van der Waals surface area contributed by atoms with Gasteiger partial charge in [0.2, 0.25) is 11.1 Å². The van der Waals surface area contributed by atoms with Gasteiger partial charge >= 0.3 is 15.8 Å². The van der Waals surface area contributed by atoms with Gasteiger partial charge in [-0.05, 0) is 35.0 Å². The Morgan fingerprint density at radius 3 is 2.03 bits per heavy atom. The van der Waals surface area contributed by atoms with Crippen LogP contribution in [0.25, 0.3) is 37.3 Å². The van der Waals surface area contributed by atoms with E-state index in [1.807, 2.05) is 48.5 Å². The lowest BCUT2D eigenvalue weighted by Crippen LogP contribution is -2.11. The van der Waals surface area contributed by atoms with Crippen LogP contribution in [0.5, 0.6) is 17.2 Å². The number of rotatable bonds is 5. The lowest BCUT2D eigenvalue weighted by molar-refractivity contribution is 0.469. The fourth-order valence-corrected chi connectivity index (χ4v) is 6.77. The van der Waals surface area contributed by atoms with Crippen LogP contribution in [0.3, 0.4) is 0 Å². The maximum Gasteiger partial charge on any atom is 0.426 e. The number of hydrogen-bond acceptors (Lipinski definition) is 7. The van der Waals surface area contributed by atoms with Crippen molar-refractivity contribution in [2.75, 3.05) is 0 Å². The van der Waals surface area contributed by atoms with E-state index in [9.17, 15) is 18.6 Å². The van der Waals surface area contributed by atoms with E-state index in [4.69, 9.17) is 9.58 Å². The molecule has 0 radical (unpaired) electrons. The first-order valence-electron chi connectivity index (χ1n) is 11.8. The summed E-state index contributed by atoms with van der Waals surface area (Å²) in [6, 6.07) is 29.2. The number of nitrogens with zero attached hydrogens (tertiary/aromatic N) is 2. The van der Waals surface area contributed by atoms with Gasteiger partial charge in [-0.1, -0.05) is 84.6 Å². The Labute approximate surface area is 227 Å². The van der Waals surface area contributed by atoms with Crippen LogP contribution in [0.15, 0.2) is 118 Å². The number of aromatic hydroxyl groups is 2. The molecule has 7 nitrogen and oxygen atoms in total. The Bertz CT molecular complexity index is 2090. The number of phenols is 2. The largest absolute Gasteiger partial charge is 0.506 e. The van der Waals surface area contributed by atoms with Crippen LogP contribution < -0.4 is 4.18 Å². The number of phenolic OH excluding ortho intramolecular Hbond substituents is 2. The Hall–Kier alpha value is -4.78. The summed E-state index contributed by atoms with van der Waals surface area (Å²) >= 11 is 1.20. The maximum absolute atomic E-state index is 13.7. The highest BCUT2D eigenvalue weighted by Crippen LogP contribution is 2.46. The topological polar surface area (TPSA) is 112 Å². The molecule has 0 fully saturated rings. The van der Waals surface area contributed by atoms with Gasteiger partial charge in [-0.25, -0.2) is 0 Å². The normalized spacial score (nSPS) is 11.6. The molecule has 0 spiro atoms. The van der Waals surface area contributed by atoms with Crippen LogP contribution in [0.4, 0.5) is 5.69 Å². The molecule has 0 unspecified atom stereocenters. The van der Waals surface area contributed by atoms with E-state index in [0.717, 1.165) is 10.8 Å². The molecule has 6 rings (SSSR count). The van der Waals surface area contributed by atoms with Crippen molar-refractivity contribution >= 4 is 59.9 Å². The van der Waals surface area contributed by atoms with Gasteiger partial charge < -0.3 is 14.4 Å². The van der Waals surface area contributed by atoms with Crippen LogP contribution in [0.2, 0.25) is 0 Å². The van der Waals surface area contributed by atoms with Gasteiger partial charge in [-0.15, -0.1) is 0 Å². The molecule has 2 N–H and O–H groups in total. The summed E-state index contributed by atoms with van der Waals surface area (Å²) in [6.07, 6.45) is 0. The maximum atomic E-state index is 13.7. The molecule has 0 amide bonds. The lowest BCUT2D eigenvalue weighted by atomic mass is 10.1. The Morgan fingerprint density at radius 2 is 1.28 bits per heavy atom. The smallest absolute Gasteiger partial charge is 0.426 e. The molecule has 9 heteroatoms. The number of hydrogen-bond donors (Lipinski definition) is 2. The molecule has 0 aliphatic carbocycles. The zero-order chi connectivity index (χ0) is 27.1. The van der Waals surface area contributed by atoms with Crippen molar-refractivity contribution in [1.29, 1.82) is 5.39 Å². The van der Waals surface area contributed by atoms with E-state index in [2.05, 4.69) is 4.98 Å². The van der Waals surface area contributed by atoms with Crippen LogP contribution in [-0.4, -0.2) is 18.6 Å². The minimum absolute atomic E-state index is 0.0825. The summed E-state index contributed by atoms with van der Waals surface area (Å²) in [5, 5.41) is 33.9. The molecule has 0 aliphatic heterocycles. The number of diazo groups is 1. The van der Waals surface area contributed by atoms with Crippen LogP contribution >= 0.6 is 11.8 Å². The molecular formula is C30H19N2O5S2+. The standard InChI is InChI=1S/C30H18N2O5S2/c31-32-24-15-14-22-23(28(24)33)10-5-11-27(22)39(35,36)37-30-21-9-4-2-7-19(21)13-17-26(30)38-25-16-12-18-6-1-3-8-20(18)29(25)34/h1-17H,(H-,33,34)/p+1. The molecule has 0 heterocycles. The highest BCUT2D eigenvalue weighted by molar-refractivity contribution is 7.99. The van der Waals surface area contributed by atoms with Crippen LogP contribution in [-0.2, 0) is 10.1 Å². The summed E-state index contributed by atoms with van der Waals surface area (Å²) in [5.74, 6) is -0.135. The SMILES string of the molecule is N#[N+]c1ccc2c(S(=O)(=O)Oc3c(Sc4ccc5ccccc5c4O)ccc4ccccc34)cccc2c1O. The monoisotopic (exact) mass is 551 g/mol. The Balaban J connectivity index is 1.50. The Kier molecular flexibility index (Phi) is 5.99. The van der Waals surface area contributed by atoms with Gasteiger partial charge in [0.15, 0.2) is 10.7 Å². The van der Waals surface area contributed by atoms with Crippen molar-refractivity contribution in [3.63, 3.8) is 0 Å². The highest BCUT2D eigenvalue weighted by atomic mass is 32.2. The number of benzene rings is 6. The first-order valence-corrected chi connectivity index (χ1v) is 14.0. The summed E-state index contributed by atoms with van der Waals surface area (Å²) in [5.41, 5.74) is -0.0825. The van der Waals surface area contributed by atoms with Crippen molar-refractivity contribution in [3.8, 4) is 17.2 Å². The van der Waals surface area contributed by atoms with E-state index in [1.165, 1.54) is 42.1 Å². The van der Waals surface area contributed by atoms with E-state index in [0.29, 0.717) is 20.6 Å². The van der Waals surface area contributed by atoms with Crippen LogP contribution in [0, 0.1) is 5.39 Å². The minimum atomic E-state index is -4.41. The fraction of sp³-hybridized carbons (Fsp3) is 0. The fourth-order valence-electron chi connectivity index (χ4n) is 4.58. The molecule has 190 valence electrons. The summed E-state index contributed by atoms with van der Waals surface area (Å²) < 4.78 is 33.3. The molecule has 0 bridgehead atoms. The van der Waals surface area contributed by atoms with Crippen molar-refractivity contribution < 1.29 is 22.8 Å². The van der Waals surface area contributed by atoms with Gasteiger partial charge in [0.25, 0.3) is 0 Å². The third-order valence-electron chi connectivity index (χ3n) is 6.47. The third-order valence-corrected chi connectivity index (χ3v) is 8.84. The van der Waals surface area contributed by atoms with Gasteiger partial charge in [0, 0.05) is 27.6 Å². The quantitative estimate of drug-likeness (QED) is 0.165. The summed E-state index contributed by atoms with van der Waals surface area (Å²) in [6.45, 7) is 0. The molecule has 39 heavy (non-hydrogen) atoms. The molecule has 0 aliphatic rings. The zero-order valence-corrected chi connectivity index (χ0v) is 21.8.